The molecule has 0 bridgehead atoms. The first-order valence-electron chi connectivity index (χ1n) is 4.57. The lowest BCUT2D eigenvalue weighted by Crippen LogP contribution is -2.07. The van der Waals surface area contributed by atoms with Crippen molar-refractivity contribution in [3.05, 3.63) is 30.6 Å². The number of nitrogen functional groups attached to an aromatic ring is 1. The third kappa shape index (κ3) is 1.61. The number of nitrogens with two attached hydrogens (primary N) is 1. The average Bonchev–Trinajstić information content (AvgIpc) is 2.76. The average molecular weight is 191 g/mol. The Morgan fingerprint density at radius 3 is 3.00 bits per heavy atom. The van der Waals surface area contributed by atoms with Gasteiger partial charge in [-0.05, 0) is 6.92 Å². The summed E-state index contributed by atoms with van der Waals surface area (Å²) in [6, 6.07) is 0. The van der Waals surface area contributed by atoms with E-state index in [2.05, 4.69) is 21.6 Å². The minimum absolute atomic E-state index is 0.665. The van der Waals surface area contributed by atoms with Crippen LogP contribution in [0, 0.1) is 0 Å². The van der Waals surface area contributed by atoms with E-state index in [1.165, 1.54) is 0 Å². The van der Waals surface area contributed by atoms with Crippen LogP contribution in [-0.4, -0.2) is 19.3 Å². The number of anilines is 1. The van der Waals surface area contributed by atoms with Crippen LogP contribution in [0.25, 0.3) is 0 Å². The molecular weight excluding hydrogens is 178 g/mol. The van der Waals surface area contributed by atoms with Crippen molar-refractivity contribution < 1.29 is 0 Å². The molecule has 2 heterocycles. The number of imidazole rings is 1. The lowest BCUT2D eigenvalue weighted by atomic mass is 10.5. The van der Waals surface area contributed by atoms with Crippen molar-refractivity contribution in [2.24, 2.45) is 0 Å². The molecule has 0 radical (unpaired) electrons. The molecule has 0 aliphatic carbocycles. The molecule has 0 saturated carbocycles. The van der Waals surface area contributed by atoms with E-state index in [-0.39, 0.29) is 0 Å². The molecule has 0 unspecified atom stereocenters. The first-order chi connectivity index (χ1) is 6.79. The van der Waals surface area contributed by atoms with Crippen molar-refractivity contribution in [1.29, 1.82) is 0 Å². The van der Waals surface area contributed by atoms with E-state index in [9.17, 15) is 0 Å². The fourth-order valence-electron chi connectivity index (χ4n) is 1.39. The van der Waals surface area contributed by atoms with Crippen molar-refractivity contribution >= 4 is 5.69 Å². The van der Waals surface area contributed by atoms with Crippen molar-refractivity contribution in [2.75, 3.05) is 5.73 Å². The van der Waals surface area contributed by atoms with Gasteiger partial charge in [0.05, 0.1) is 18.4 Å². The fraction of sp³-hybridized carbons (Fsp3) is 0.333. The largest absolute Gasteiger partial charge is 0.396 e. The summed E-state index contributed by atoms with van der Waals surface area (Å²) in [5.74, 6) is 0.996. The molecule has 0 saturated heterocycles. The van der Waals surface area contributed by atoms with E-state index in [4.69, 9.17) is 5.73 Å². The highest BCUT2D eigenvalue weighted by molar-refractivity contribution is 5.30. The summed E-state index contributed by atoms with van der Waals surface area (Å²) in [5.41, 5.74) is 6.25. The zero-order valence-corrected chi connectivity index (χ0v) is 8.09. The highest BCUT2D eigenvalue weighted by Crippen LogP contribution is 2.03. The monoisotopic (exact) mass is 191 g/mol. The molecule has 2 rings (SSSR count). The molecule has 0 fully saturated rings. The van der Waals surface area contributed by atoms with Crippen LogP contribution in [-0.2, 0) is 13.1 Å². The molecule has 2 aromatic heterocycles. The third-order valence-electron chi connectivity index (χ3n) is 2.10. The Kier molecular flexibility index (Phi) is 2.22. The minimum atomic E-state index is 0.665. The van der Waals surface area contributed by atoms with Crippen LogP contribution >= 0.6 is 0 Å². The van der Waals surface area contributed by atoms with E-state index in [1.807, 2.05) is 6.20 Å². The molecule has 5 nitrogen and oxygen atoms in total. The van der Waals surface area contributed by atoms with Crippen LogP contribution in [0.3, 0.4) is 0 Å². The molecule has 0 aromatic carbocycles. The molecule has 2 aromatic rings. The van der Waals surface area contributed by atoms with Crippen molar-refractivity contribution in [2.45, 2.75) is 20.0 Å². The van der Waals surface area contributed by atoms with Gasteiger partial charge >= 0.3 is 0 Å². The summed E-state index contributed by atoms with van der Waals surface area (Å²) in [6.45, 7) is 3.67. The highest BCUT2D eigenvalue weighted by Gasteiger charge is 2.02. The minimum Gasteiger partial charge on any atom is -0.396 e. The number of aromatic nitrogens is 4. The van der Waals surface area contributed by atoms with Gasteiger partial charge in [-0.1, -0.05) is 0 Å². The lowest BCUT2D eigenvalue weighted by molar-refractivity contribution is 0.607. The standard InChI is InChI=1S/C9H13N5/c1-2-13-4-3-11-9(13)7-14-6-8(10)5-12-14/h3-6H,2,7,10H2,1H3. The van der Waals surface area contributed by atoms with Crippen LogP contribution in [0.15, 0.2) is 24.8 Å². The summed E-state index contributed by atoms with van der Waals surface area (Å²) < 4.78 is 3.86. The van der Waals surface area contributed by atoms with Gasteiger partial charge in [-0.3, -0.25) is 4.68 Å². The van der Waals surface area contributed by atoms with E-state index >= 15 is 0 Å². The Morgan fingerprint density at radius 1 is 1.50 bits per heavy atom. The topological polar surface area (TPSA) is 61.7 Å². The molecular formula is C9H13N5. The molecule has 5 heteroatoms. The molecule has 0 amide bonds. The predicted molar refractivity (Wildman–Crippen MR) is 53.6 cm³/mol. The first-order valence-corrected chi connectivity index (χ1v) is 4.57. The summed E-state index contributed by atoms with van der Waals surface area (Å²) in [4.78, 5) is 4.25. The first kappa shape index (κ1) is 8.80. The molecule has 2 N–H and O–H groups in total. The molecule has 74 valence electrons. The molecule has 0 spiro atoms. The summed E-state index contributed by atoms with van der Waals surface area (Å²) in [6.07, 6.45) is 7.20. The summed E-state index contributed by atoms with van der Waals surface area (Å²) >= 11 is 0. The lowest BCUT2D eigenvalue weighted by Gasteiger charge is -2.03. The zero-order valence-electron chi connectivity index (χ0n) is 8.09. The zero-order chi connectivity index (χ0) is 9.97. The fourth-order valence-corrected chi connectivity index (χ4v) is 1.39. The second-order valence-electron chi connectivity index (χ2n) is 3.10. The van der Waals surface area contributed by atoms with Crippen LogP contribution < -0.4 is 5.73 Å². The Bertz CT molecular complexity index is 414. The van der Waals surface area contributed by atoms with E-state index in [0.717, 1.165) is 12.4 Å². The molecule has 14 heavy (non-hydrogen) atoms. The van der Waals surface area contributed by atoms with Gasteiger partial charge < -0.3 is 10.3 Å². The van der Waals surface area contributed by atoms with E-state index < -0.39 is 0 Å². The smallest absolute Gasteiger partial charge is 0.130 e. The second-order valence-corrected chi connectivity index (χ2v) is 3.10. The van der Waals surface area contributed by atoms with Gasteiger partial charge in [-0.25, -0.2) is 4.98 Å². The van der Waals surface area contributed by atoms with Gasteiger partial charge in [0, 0.05) is 25.1 Å². The van der Waals surface area contributed by atoms with Crippen LogP contribution in [0.4, 0.5) is 5.69 Å². The Balaban J connectivity index is 2.18. The maximum Gasteiger partial charge on any atom is 0.130 e. The summed E-state index contributed by atoms with van der Waals surface area (Å²) in [5, 5.41) is 4.10. The van der Waals surface area contributed by atoms with Crippen LogP contribution in [0.1, 0.15) is 12.7 Å². The number of hydrogen-bond acceptors (Lipinski definition) is 3. The maximum absolute atomic E-state index is 5.57. The van der Waals surface area contributed by atoms with Gasteiger partial charge in [0.2, 0.25) is 0 Å². The van der Waals surface area contributed by atoms with Crippen molar-refractivity contribution in [3.8, 4) is 0 Å². The Hall–Kier alpha value is -1.78. The Labute approximate surface area is 82.2 Å². The number of rotatable bonds is 3. The van der Waals surface area contributed by atoms with Gasteiger partial charge in [-0.15, -0.1) is 0 Å². The third-order valence-corrected chi connectivity index (χ3v) is 2.10. The van der Waals surface area contributed by atoms with Crippen molar-refractivity contribution in [3.63, 3.8) is 0 Å². The quantitative estimate of drug-likeness (QED) is 0.778. The van der Waals surface area contributed by atoms with E-state index in [0.29, 0.717) is 12.2 Å². The second kappa shape index (κ2) is 3.53. The number of hydrogen-bond donors (Lipinski definition) is 1. The molecule has 0 atom stereocenters. The number of aryl methyl sites for hydroxylation is 1. The normalized spacial score (nSPS) is 10.6. The van der Waals surface area contributed by atoms with Crippen LogP contribution in [0.2, 0.25) is 0 Å². The van der Waals surface area contributed by atoms with Crippen LogP contribution in [0.5, 0.6) is 0 Å². The van der Waals surface area contributed by atoms with Crippen molar-refractivity contribution in [1.82, 2.24) is 19.3 Å². The highest BCUT2D eigenvalue weighted by atomic mass is 15.3. The Morgan fingerprint density at radius 2 is 2.36 bits per heavy atom. The molecule has 0 aliphatic heterocycles. The van der Waals surface area contributed by atoms with Gasteiger partial charge in [-0.2, -0.15) is 5.10 Å². The maximum atomic E-state index is 5.57. The predicted octanol–water partition coefficient (Wildman–Crippen LogP) is 0.730. The summed E-state index contributed by atoms with van der Waals surface area (Å²) in [7, 11) is 0. The SMILES string of the molecule is CCn1ccnc1Cn1cc(N)cn1. The van der Waals surface area contributed by atoms with E-state index in [1.54, 1.807) is 23.3 Å². The van der Waals surface area contributed by atoms with Gasteiger partial charge in [0.15, 0.2) is 0 Å². The van der Waals surface area contributed by atoms with Gasteiger partial charge in [0.1, 0.15) is 5.82 Å². The number of nitrogens with zero attached hydrogens (tertiary/aromatic N) is 4. The molecule has 0 aliphatic rings. The van der Waals surface area contributed by atoms with Gasteiger partial charge in [0.25, 0.3) is 0 Å².